The van der Waals surface area contributed by atoms with E-state index in [1.165, 1.54) is 18.3 Å². The van der Waals surface area contributed by atoms with E-state index in [1.807, 2.05) is 0 Å². The van der Waals surface area contributed by atoms with Crippen LogP contribution in [0.2, 0.25) is 0 Å². The Kier molecular flexibility index (Phi) is 6.62. The molecule has 0 amide bonds. The second-order valence-corrected chi connectivity index (χ2v) is 2.58. The zero-order chi connectivity index (χ0) is 10.6. The van der Waals surface area contributed by atoms with E-state index in [0.717, 1.165) is 6.08 Å². The number of halogens is 3. The van der Waals surface area contributed by atoms with Crippen molar-refractivity contribution >= 4 is 19.3 Å². The van der Waals surface area contributed by atoms with E-state index in [0.29, 0.717) is 6.29 Å². The maximum absolute atomic E-state index is 11.8. The molecule has 1 aromatic rings. The quantitative estimate of drug-likeness (QED) is 0.515. The molecule has 0 atom stereocenters. The number of carbonyl (C=O) groups excluding carboxylic acids is 1. The van der Waals surface area contributed by atoms with Crippen molar-refractivity contribution in [1.29, 1.82) is 0 Å². The van der Waals surface area contributed by atoms with Gasteiger partial charge in [0.25, 0.3) is 0 Å². The molecule has 15 heavy (non-hydrogen) atoms. The summed E-state index contributed by atoms with van der Waals surface area (Å²) < 4.78 is 35.5. The van der Waals surface area contributed by atoms with Gasteiger partial charge in [0.1, 0.15) is 5.69 Å². The van der Waals surface area contributed by atoms with Crippen LogP contribution in [-0.2, 0) is 0 Å². The molecule has 1 rings (SSSR count). The van der Waals surface area contributed by atoms with Gasteiger partial charge >= 0.3 is 58.4 Å². The van der Waals surface area contributed by atoms with Crippen molar-refractivity contribution in [3.8, 4) is 0 Å². The molecule has 0 spiro atoms. The van der Waals surface area contributed by atoms with Gasteiger partial charge in [0.15, 0.2) is 6.29 Å². The first-order chi connectivity index (χ1) is 6.53. The van der Waals surface area contributed by atoms with Crippen molar-refractivity contribution < 1.29 is 69.1 Å². The molecule has 0 aliphatic carbocycles. The number of aromatic nitrogens is 1. The molecule has 0 radical (unpaired) electrons. The van der Waals surface area contributed by atoms with Crippen LogP contribution in [0.3, 0.4) is 0 Å². The fourth-order valence-electron chi connectivity index (χ4n) is 0.882. The normalized spacial score (nSPS) is 11.1. The molecule has 0 aliphatic heterocycles. The Bertz CT molecular complexity index is 367. The van der Waals surface area contributed by atoms with Crippen LogP contribution in [0.1, 0.15) is 16.1 Å². The van der Waals surface area contributed by atoms with E-state index in [2.05, 4.69) is 4.98 Å². The minimum Gasteiger partial charge on any atom is -0.445 e. The maximum Gasteiger partial charge on any atom is 1.00 e. The average Bonchev–Trinajstić information content (AvgIpc) is 2.14. The number of hydrogen-bond donors (Lipinski definition) is 0. The maximum atomic E-state index is 11.8. The van der Waals surface area contributed by atoms with E-state index in [9.17, 15) is 17.7 Å². The first-order valence-electron chi connectivity index (χ1n) is 3.82. The molecule has 0 aliphatic rings. The number of pyridine rings is 1. The Morgan fingerprint density at radius 3 is 2.53 bits per heavy atom. The average molecular weight is 239 g/mol. The predicted octanol–water partition coefficient (Wildman–Crippen LogP) is -0.702. The summed E-state index contributed by atoms with van der Waals surface area (Å²) in [5.41, 5.74) is 0.172. The summed E-state index contributed by atoms with van der Waals surface area (Å²) in [6, 6.07) is 2.87. The largest absolute Gasteiger partial charge is 1.00 e. The van der Waals surface area contributed by atoms with Crippen LogP contribution in [0.25, 0.3) is 6.08 Å². The predicted molar refractivity (Wildman–Crippen MR) is 47.7 cm³/mol. The van der Waals surface area contributed by atoms with E-state index in [4.69, 9.17) is 0 Å². The topological polar surface area (TPSA) is 30.0 Å². The van der Waals surface area contributed by atoms with Gasteiger partial charge in [0, 0.05) is 11.8 Å². The summed E-state index contributed by atoms with van der Waals surface area (Å²) in [4.78, 5) is 14.0. The zero-order valence-corrected chi connectivity index (χ0v) is 11.2. The Hall–Kier alpha value is 0.0513. The number of rotatable bonds is 3. The van der Waals surface area contributed by atoms with Crippen molar-refractivity contribution in [2.45, 2.75) is 0 Å². The number of aldehydes is 1. The Labute approximate surface area is 127 Å². The summed E-state index contributed by atoms with van der Waals surface area (Å²) in [6.07, 6.45) is 2.61. The van der Waals surface area contributed by atoms with Crippen LogP contribution in [0.15, 0.2) is 24.3 Å². The Morgan fingerprint density at radius 2 is 2.00 bits per heavy atom. The Morgan fingerprint density at radius 1 is 1.33 bits per heavy atom. The second-order valence-electron chi connectivity index (χ2n) is 2.58. The van der Waals surface area contributed by atoms with Crippen LogP contribution in [0, 0.1) is 0 Å². The molecular formula is C8H6BF3KNO. The first kappa shape index (κ1) is 15.1. The molecule has 7 heteroatoms. The third kappa shape index (κ3) is 5.62. The molecule has 74 valence electrons. The molecule has 0 fully saturated rings. The summed E-state index contributed by atoms with van der Waals surface area (Å²) in [5.74, 6) is 0.129. The first-order valence-corrected chi connectivity index (χ1v) is 3.82. The van der Waals surface area contributed by atoms with E-state index in [-0.39, 0.29) is 68.6 Å². The molecule has 0 saturated carbocycles. The smallest absolute Gasteiger partial charge is 0.445 e. The van der Waals surface area contributed by atoms with Crippen molar-refractivity contribution in [2.75, 3.05) is 0 Å². The van der Waals surface area contributed by atoms with E-state index < -0.39 is 6.98 Å². The summed E-state index contributed by atoms with van der Waals surface area (Å²) in [6.45, 7) is -4.97. The molecule has 2 nitrogen and oxygen atoms in total. The van der Waals surface area contributed by atoms with Gasteiger partial charge < -0.3 is 12.9 Å². The van der Waals surface area contributed by atoms with E-state index >= 15 is 0 Å². The molecule has 1 heterocycles. The minimum absolute atomic E-state index is 0. The zero-order valence-electron chi connectivity index (χ0n) is 8.03. The standard InChI is InChI=1S/C8H6BF3NO.K/c10-9(11,12)4-3-7-2-1-5-13-8(7)6-14;/h1-6H;/q-1;+1/b4-3+;. The van der Waals surface area contributed by atoms with Gasteiger partial charge in [-0.2, -0.15) is 0 Å². The second kappa shape index (κ2) is 6.59. The third-order valence-electron chi connectivity index (χ3n) is 1.48. The molecule has 0 bridgehead atoms. The molecule has 0 aromatic carbocycles. The van der Waals surface area contributed by atoms with Gasteiger partial charge in [-0.25, -0.2) is 0 Å². The van der Waals surface area contributed by atoms with Gasteiger partial charge in [-0.1, -0.05) is 12.1 Å². The number of hydrogen-bond acceptors (Lipinski definition) is 2. The summed E-state index contributed by atoms with van der Waals surface area (Å²) in [5, 5.41) is 0. The SMILES string of the molecule is O=Cc1ncccc1/C=C/[B-](F)(F)F.[K+]. The fourth-order valence-corrected chi connectivity index (χ4v) is 0.882. The van der Waals surface area contributed by atoms with Gasteiger partial charge in [-0.05, 0) is 6.07 Å². The molecular weight excluding hydrogens is 233 g/mol. The molecule has 0 N–H and O–H groups in total. The summed E-state index contributed by atoms with van der Waals surface area (Å²) in [7, 11) is 0. The van der Waals surface area contributed by atoms with Crippen molar-refractivity contribution in [3.05, 3.63) is 35.6 Å². The van der Waals surface area contributed by atoms with Crippen molar-refractivity contribution in [3.63, 3.8) is 0 Å². The van der Waals surface area contributed by atoms with E-state index in [1.54, 1.807) is 0 Å². The van der Waals surface area contributed by atoms with Crippen LogP contribution in [-0.4, -0.2) is 18.2 Å². The fraction of sp³-hybridized carbons (Fsp3) is 0. The monoisotopic (exact) mass is 239 g/mol. The summed E-state index contributed by atoms with van der Waals surface area (Å²) >= 11 is 0. The van der Waals surface area contributed by atoms with Crippen molar-refractivity contribution in [1.82, 2.24) is 4.98 Å². The van der Waals surface area contributed by atoms with Crippen LogP contribution in [0.5, 0.6) is 0 Å². The minimum atomic E-state index is -4.97. The van der Waals surface area contributed by atoms with Crippen LogP contribution in [0.4, 0.5) is 12.9 Å². The van der Waals surface area contributed by atoms with Gasteiger partial charge in [0.05, 0.1) is 0 Å². The van der Waals surface area contributed by atoms with Gasteiger partial charge in [-0.3, -0.25) is 9.78 Å². The van der Waals surface area contributed by atoms with Gasteiger partial charge in [-0.15, -0.1) is 5.98 Å². The molecule has 0 saturated heterocycles. The van der Waals surface area contributed by atoms with Crippen LogP contribution >= 0.6 is 0 Å². The van der Waals surface area contributed by atoms with Gasteiger partial charge in [0.2, 0.25) is 0 Å². The van der Waals surface area contributed by atoms with Crippen molar-refractivity contribution in [2.24, 2.45) is 0 Å². The third-order valence-corrected chi connectivity index (χ3v) is 1.48. The molecule has 0 unspecified atom stereocenters. The molecule has 1 aromatic heterocycles. The number of carbonyl (C=O) groups is 1. The number of nitrogens with zero attached hydrogens (tertiary/aromatic N) is 1. The van der Waals surface area contributed by atoms with Crippen LogP contribution < -0.4 is 51.4 Å². The Balaban J connectivity index is 0.00000196.